The van der Waals surface area contributed by atoms with Crippen LogP contribution in [0.15, 0.2) is 0 Å². The standard InChI is InChI=1S/C13H24O14S2/c1-5-4-23-13(11(7(5)14)29(20,21)27-17)25-9-6(2)24-12(22-3)8(15)10(9)28(18,19)26-16/h5-17H,4H2,1-3H3/t5?,6?,7?,8?,9-,10-,11+,12+,13-/m0/s1. The molecule has 172 valence electrons. The Balaban J connectivity index is 2.41. The van der Waals surface area contributed by atoms with Crippen LogP contribution in [0, 0.1) is 5.92 Å². The van der Waals surface area contributed by atoms with Crippen LogP contribution >= 0.6 is 0 Å². The predicted molar refractivity (Wildman–Crippen MR) is 90.0 cm³/mol. The SMILES string of the molecule is CO[C@@H]1OC(C)[C@H](O[C@@H]2OCC(C)C(O)[C@H]2S(=O)(=O)OO)[C@@H](S(=O)(=O)OO)C1O. The minimum absolute atomic E-state index is 0.178. The van der Waals surface area contributed by atoms with Crippen LogP contribution in [0.25, 0.3) is 0 Å². The van der Waals surface area contributed by atoms with Crippen LogP contribution in [0.3, 0.4) is 0 Å². The van der Waals surface area contributed by atoms with Gasteiger partial charge >= 0.3 is 20.2 Å². The van der Waals surface area contributed by atoms with Crippen molar-refractivity contribution in [2.75, 3.05) is 13.7 Å². The largest absolute Gasteiger partial charge is 0.391 e. The molecule has 0 spiro atoms. The maximum Gasteiger partial charge on any atom is 0.303 e. The Labute approximate surface area is 166 Å². The van der Waals surface area contributed by atoms with Crippen LogP contribution in [0.5, 0.6) is 0 Å². The van der Waals surface area contributed by atoms with Crippen molar-refractivity contribution in [2.24, 2.45) is 5.92 Å². The molecule has 0 aromatic heterocycles. The minimum atomic E-state index is -4.86. The van der Waals surface area contributed by atoms with Crippen molar-refractivity contribution in [2.45, 2.75) is 61.3 Å². The Morgan fingerprint density at radius 2 is 1.45 bits per heavy atom. The molecular weight excluding hydrogens is 444 g/mol. The van der Waals surface area contributed by atoms with Gasteiger partial charge in [0.05, 0.1) is 18.8 Å². The van der Waals surface area contributed by atoms with E-state index in [1.807, 2.05) is 0 Å². The van der Waals surface area contributed by atoms with Gasteiger partial charge in [-0.05, 0) is 6.92 Å². The molecule has 0 bridgehead atoms. The summed E-state index contributed by atoms with van der Waals surface area (Å²) in [6.45, 7) is 2.62. The van der Waals surface area contributed by atoms with Gasteiger partial charge in [0.1, 0.15) is 17.5 Å². The summed E-state index contributed by atoms with van der Waals surface area (Å²) in [4.78, 5) is 0. The van der Waals surface area contributed by atoms with Crippen molar-refractivity contribution in [1.29, 1.82) is 0 Å². The molecule has 2 rings (SSSR count). The van der Waals surface area contributed by atoms with Gasteiger partial charge in [0.25, 0.3) is 0 Å². The minimum Gasteiger partial charge on any atom is -0.391 e. The number of rotatable bonds is 7. The van der Waals surface area contributed by atoms with Gasteiger partial charge in [-0.2, -0.15) is 16.8 Å². The molecule has 2 fully saturated rings. The molecule has 9 atom stereocenters. The van der Waals surface area contributed by atoms with Gasteiger partial charge < -0.3 is 29.2 Å². The number of methoxy groups -OCH3 is 1. The van der Waals surface area contributed by atoms with Gasteiger partial charge in [0.2, 0.25) is 0 Å². The van der Waals surface area contributed by atoms with Gasteiger partial charge in [-0.3, -0.25) is 0 Å². The quantitative estimate of drug-likeness (QED) is 0.232. The summed E-state index contributed by atoms with van der Waals surface area (Å²) in [6, 6.07) is 0. The van der Waals surface area contributed by atoms with Crippen molar-refractivity contribution >= 4 is 20.2 Å². The topological polar surface area (TPSA) is 205 Å². The van der Waals surface area contributed by atoms with E-state index in [0.717, 1.165) is 7.11 Å². The van der Waals surface area contributed by atoms with Crippen LogP contribution in [0.4, 0.5) is 0 Å². The maximum atomic E-state index is 12.2. The van der Waals surface area contributed by atoms with E-state index in [9.17, 15) is 27.0 Å². The Kier molecular flexibility index (Phi) is 7.97. The lowest BCUT2D eigenvalue weighted by atomic mass is 9.99. The molecule has 0 radical (unpaired) electrons. The Hall–Kier alpha value is -0.500. The van der Waals surface area contributed by atoms with Gasteiger partial charge in [0, 0.05) is 13.0 Å². The molecule has 2 aliphatic heterocycles. The number of aliphatic hydroxyl groups is 2. The summed E-state index contributed by atoms with van der Waals surface area (Å²) in [7, 11) is -8.53. The van der Waals surface area contributed by atoms with E-state index in [4.69, 9.17) is 29.5 Å². The normalized spacial score (nSPS) is 42.0. The average Bonchev–Trinajstić information content (AvgIpc) is 2.66. The first-order chi connectivity index (χ1) is 13.4. The Morgan fingerprint density at radius 3 is 1.97 bits per heavy atom. The molecule has 2 aliphatic rings. The van der Waals surface area contributed by atoms with Crippen molar-refractivity contribution in [3.05, 3.63) is 0 Å². The van der Waals surface area contributed by atoms with Crippen molar-refractivity contribution in [1.82, 2.24) is 0 Å². The molecular formula is C13H24O14S2. The van der Waals surface area contributed by atoms with Crippen molar-refractivity contribution in [3.63, 3.8) is 0 Å². The van der Waals surface area contributed by atoms with E-state index in [0.29, 0.717) is 0 Å². The monoisotopic (exact) mass is 468 g/mol. The fourth-order valence-corrected chi connectivity index (χ4v) is 5.61. The first-order valence-electron chi connectivity index (χ1n) is 8.36. The first kappa shape index (κ1) is 24.8. The van der Waals surface area contributed by atoms with Crippen LogP contribution in [-0.2, 0) is 47.9 Å². The van der Waals surface area contributed by atoms with E-state index < -0.39 is 73.6 Å². The van der Waals surface area contributed by atoms with Crippen LogP contribution in [-0.4, -0.2) is 98.8 Å². The first-order valence-corrected chi connectivity index (χ1v) is 11.3. The molecule has 0 aromatic rings. The molecule has 0 saturated carbocycles. The summed E-state index contributed by atoms with van der Waals surface area (Å²) in [5.74, 6) is -0.700. The van der Waals surface area contributed by atoms with Crippen LogP contribution in [0.1, 0.15) is 13.8 Å². The van der Waals surface area contributed by atoms with Crippen molar-refractivity contribution < 1.29 is 65.2 Å². The van der Waals surface area contributed by atoms with Crippen LogP contribution < -0.4 is 0 Å². The Bertz CT molecular complexity index is 753. The highest BCUT2D eigenvalue weighted by atomic mass is 32.2. The summed E-state index contributed by atoms with van der Waals surface area (Å²) >= 11 is 0. The zero-order chi connectivity index (χ0) is 22.1. The lowest BCUT2D eigenvalue weighted by Gasteiger charge is -2.45. The number of hydrogen-bond donors (Lipinski definition) is 4. The Morgan fingerprint density at radius 1 is 0.897 bits per heavy atom. The second kappa shape index (κ2) is 9.33. The molecule has 4 N–H and O–H groups in total. The highest BCUT2D eigenvalue weighted by Crippen LogP contribution is 2.34. The zero-order valence-corrected chi connectivity index (χ0v) is 17.2. The lowest BCUT2D eigenvalue weighted by molar-refractivity contribution is -0.293. The van der Waals surface area contributed by atoms with Gasteiger partial charge in [0.15, 0.2) is 17.8 Å². The number of ether oxygens (including phenoxy) is 4. The summed E-state index contributed by atoms with van der Waals surface area (Å²) < 4.78 is 76.4. The van der Waals surface area contributed by atoms with Gasteiger partial charge in [-0.15, -0.1) is 8.67 Å². The van der Waals surface area contributed by atoms with E-state index in [-0.39, 0.29) is 6.61 Å². The second-order valence-electron chi connectivity index (χ2n) is 6.77. The predicted octanol–water partition coefficient (Wildman–Crippen LogP) is -2.15. The molecule has 2 saturated heterocycles. The molecule has 0 amide bonds. The van der Waals surface area contributed by atoms with Gasteiger partial charge in [-0.1, -0.05) is 6.92 Å². The molecule has 0 aliphatic carbocycles. The third-order valence-corrected chi connectivity index (χ3v) is 7.66. The van der Waals surface area contributed by atoms with E-state index in [1.165, 1.54) is 13.8 Å². The zero-order valence-electron chi connectivity index (χ0n) is 15.6. The molecule has 2 heterocycles. The maximum absolute atomic E-state index is 12.2. The van der Waals surface area contributed by atoms with E-state index >= 15 is 0 Å². The summed E-state index contributed by atoms with van der Waals surface area (Å²) in [5, 5.41) is 34.1. The molecule has 29 heavy (non-hydrogen) atoms. The molecule has 16 heteroatoms. The molecule has 14 nitrogen and oxygen atoms in total. The summed E-state index contributed by atoms with van der Waals surface area (Å²) in [6.07, 6.45) is -9.55. The molecule has 4 unspecified atom stereocenters. The number of hydrogen-bond acceptors (Lipinski definition) is 14. The highest BCUT2D eigenvalue weighted by molar-refractivity contribution is 7.87. The van der Waals surface area contributed by atoms with E-state index in [1.54, 1.807) is 0 Å². The van der Waals surface area contributed by atoms with Crippen molar-refractivity contribution in [3.8, 4) is 0 Å². The highest BCUT2D eigenvalue weighted by Gasteiger charge is 2.56. The van der Waals surface area contributed by atoms with Gasteiger partial charge in [-0.25, -0.2) is 10.5 Å². The molecule has 0 aromatic carbocycles. The average molecular weight is 468 g/mol. The lowest BCUT2D eigenvalue weighted by Crippen LogP contribution is -2.64. The fraction of sp³-hybridized carbons (Fsp3) is 1.00. The fourth-order valence-electron chi connectivity index (χ4n) is 3.31. The van der Waals surface area contributed by atoms with Crippen LogP contribution in [0.2, 0.25) is 0 Å². The smallest absolute Gasteiger partial charge is 0.303 e. The second-order valence-corrected chi connectivity index (χ2v) is 10.1. The third kappa shape index (κ3) is 4.89. The summed E-state index contributed by atoms with van der Waals surface area (Å²) in [5.41, 5.74) is 0. The third-order valence-electron chi connectivity index (χ3n) is 4.86. The number of aliphatic hydroxyl groups excluding tert-OH is 2. The van der Waals surface area contributed by atoms with E-state index in [2.05, 4.69) is 8.67 Å².